The summed E-state index contributed by atoms with van der Waals surface area (Å²) in [5.74, 6) is -0.276. The van der Waals surface area contributed by atoms with Crippen molar-refractivity contribution >= 4 is 5.65 Å². The van der Waals surface area contributed by atoms with E-state index in [1.165, 1.54) is 6.07 Å². The van der Waals surface area contributed by atoms with Crippen LogP contribution in [0.2, 0.25) is 0 Å². The van der Waals surface area contributed by atoms with Crippen LogP contribution in [0.4, 0.5) is 4.39 Å². The number of aryl methyl sites for hydroxylation is 1. The van der Waals surface area contributed by atoms with Gasteiger partial charge < -0.3 is 4.40 Å². The number of nitrogens with one attached hydrogen (secondary N) is 1. The highest BCUT2D eigenvalue weighted by Crippen LogP contribution is 2.20. The first-order chi connectivity index (χ1) is 10.7. The molecule has 0 fully saturated rings. The molecular formula is C17H15FN4. The van der Waals surface area contributed by atoms with Gasteiger partial charge in [0.05, 0.1) is 17.5 Å². The molecular weight excluding hydrogens is 279 g/mol. The quantitative estimate of drug-likeness (QED) is 0.804. The molecule has 0 radical (unpaired) electrons. The van der Waals surface area contributed by atoms with Gasteiger partial charge in [0.1, 0.15) is 17.5 Å². The number of fused-ring (bicyclic) bond motifs is 1. The molecule has 0 aliphatic rings. The molecule has 0 aliphatic carbocycles. The van der Waals surface area contributed by atoms with Crippen molar-refractivity contribution in [3.05, 3.63) is 71.4 Å². The molecule has 4 nitrogen and oxygen atoms in total. The second-order valence-electron chi connectivity index (χ2n) is 5.05. The van der Waals surface area contributed by atoms with Crippen LogP contribution < -0.4 is 5.32 Å². The zero-order chi connectivity index (χ0) is 15.5. The Balaban J connectivity index is 1.89. The number of aromatic nitrogens is 2. The zero-order valence-electron chi connectivity index (χ0n) is 12.1. The fourth-order valence-corrected chi connectivity index (χ4v) is 2.54. The van der Waals surface area contributed by atoms with Crippen molar-refractivity contribution in [3.8, 4) is 6.07 Å². The summed E-state index contributed by atoms with van der Waals surface area (Å²) < 4.78 is 15.6. The van der Waals surface area contributed by atoms with Gasteiger partial charge in [0.2, 0.25) is 0 Å². The Bertz CT molecular complexity index is 847. The average Bonchev–Trinajstić information content (AvgIpc) is 2.86. The molecule has 3 aromatic rings. The number of benzene rings is 1. The van der Waals surface area contributed by atoms with E-state index < -0.39 is 6.04 Å². The highest BCUT2D eigenvalue weighted by molar-refractivity contribution is 5.44. The van der Waals surface area contributed by atoms with E-state index in [0.29, 0.717) is 5.56 Å². The third-order valence-corrected chi connectivity index (χ3v) is 3.61. The molecule has 110 valence electrons. The van der Waals surface area contributed by atoms with Crippen LogP contribution in [0.15, 0.2) is 48.7 Å². The standard InChI is InChI=1S/C17H15FN4/c1-12-17(22-9-5-4-8-16(22)21-12)15(10-19)20-11-13-6-2-3-7-14(13)18/h2-9,15,20H,11H2,1H3. The van der Waals surface area contributed by atoms with Gasteiger partial charge in [0, 0.05) is 18.3 Å². The number of pyridine rings is 1. The monoisotopic (exact) mass is 294 g/mol. The van der Waals surface area contributed by atoms with Crippen molar-refractivity contribution in [2.45, 2.75) is 19.5 Å². The van der Waals surface area contributed by atoms with Crippen molar-refractivity contribution in [2.75, 3.05) is 0 Å². The van der Waals surface area contributed by atoms with Gasteiger partial charge in [-0.05, 0) is 25.1 Å². The maximum atomic E-state index is 13.7. The molecule has 0 amide bonds. The highest BCUT2D eigenvalue weighted by Gasteiger charge is 2.19. The average molecular weight is 294 g/mol. The molecule has 1 atom stereocenters. The molecule has 5 heteroatoms. The van der Waals surface area contributed by atoms with Gasteiger partial charge in [-0.2, -0.15) is 5.26 Å². The van der Waals surface area contributed by atoms with Crippen molar-refractivity contribution < 1.29 is 4.39 Å². The SMILES string of the molecule is Cc1nc2ccccn2c1C(C#N)NCc1ccccc1F. The van der Waals surface area contributed by atoms with Gasteiger partial charge in [0.25, 0.3) is 0 Å². The summed E-state index contributed by atoms with van der Waals surface area (Å²) in [7, 11) is 0. The zero-order valence-corrected chi connectivity index (χ0v) is 12.1. The summed E-state index contributed by atoms with van der Waals surface area (Å²) in [5, 5.41) is 12.6. The summed E-state index contributed by atoms with van der Waals surface area (Å²) in [5.41, 5.74) is 2.91. The summed E-state index contributed by atoms with van der Waals surface area (Å²) in [6.07, 6.45) is 1.87. The van der Waals surface area contributed by atoms with Crippen LogP contribution in [0.1, 0.15) is 23.0 Å². The second kappa shape index (κ2) is 5.96. The number of hydrogen-bond donors (Lipinski definition) is 1. The van der Waals surface area contributed by atoms with Crippen molar-refractivity contribution in [1.82, 2.24) is 14.7 Å². The summed E-state index contributed by atoms with van der Waals surface area (Å²) in [6.45, 7) is 2.15. The Labute approximate surface area is 127 Å². The first-order valence-corrected chi connectivity index (χ1v) is 7.00. The van der Waals surface area contributed by atoms with Crippen LogP contribution in [0.3, 0.4) is 0 Å². The fraction of sp³-hybridized carbons (Fsp3) is 0.176. The molecule has 0 saturated heterocycles. The van der Waals surface area contributed by atoms with E-state index in [1.54, 1.807) is 18.2 Å². The van der Waals surface area contributed by atoms with Gasteiger partial charge in [-0.1, -0.05) is 24.3 Å². The normalized spacial score (nSPS) is 12.2. The number of nitriles is 1. The lowest BCUT2D eigenvalue weighted by Crippen LogP contribution is -2.22. The van der Waals surface area contributed by atoms with E-state index in [4.69, 9.17) is 0 Å². The summed E-state index contributed by atoms with van der Waals surface area (Å²) >= 11 is 0. The second-order valence-corrected chi connectivity index (χ2v) is 5.05. The minimum absolute atomic E-state index is 0.276. The Hall–Kier alpha value is -2.71. The van der Waals surface area contributed by atoms with E-state index >= 15 is 0 Å². The summed E-state index contributed by atoms with van der Waals surface area (Å²) in [6, 6.07) is 13.9. The Morgan fingerprint density at radius 2 is 2.05 bits per heavy atom. The van der Waals surface area contributed by atoms with Crippen LogP contribution in [0.25, 0.3) is 5.65 Å². The molecule has 3 rings (SSSR count). The summed E-state index contributed by atoms with van der Waals surface area (Å²) in [4.78, 5) is 4.45. The van der Waals surface area contributed by atoms with E-state index in [0.717, 1.165) is 17.0 Å². The van der Waals surface area contributed by atoms with Crippen LogP contribution in [-0.2, 0) is 6.54 Å². The van der Waals surface area contributed by atoms with E-state index in [2.05, 4.69) is 16.4 Å². The van der Waals surface area contributed by atoms with Crippen LogP contribution in [0, 0.1) is 24.1 Å². The van der Waals surface area contributed by atoms with Crippen LogP contribution >= 0.6 is 0 Å². The van der Waals surface area contributed by atoms with Crippen LogP contribution in [0.5, 0.6) is 0 Å². The predicted octanol–water partition coefficient (Wildman–Crippen LogP) is 3.14. The van der Waals surface area contributed by atoms with Crippen molar-refractivity contribution in [3.63, 3.8) is 0 Å². The highest BCUT2D eigenvalue weighted by atomic mass is 19.1. The lowest BCUT2D eigenvalue weighted by molar-refractivity contribution is 0.564. The number of nitrogens with zero attached hydrogens (tertiary/aromatic N) is 3. The lowest BCUT2D eigenvalue weighted by atomic mass is 10.1. The van der Waals surface area contributed by atoms with Gasteiger partial charge in [-0.15, -0.1) is 0 Å². The fourth-order valence-electron chi connectivity index (χ4n) is 2.54. The topological polar surface area (TPSA) is 53.1 Å². The number of halogens is 1. The van der Waals surface area contributed by atoms with Crippen molar-refractivity contribution in [1.29, 1.82) is 5.26 Å². The molecule has 0 saturated carbocycles. The van der Waals surface area contributed by atoms with E-state index in [-0.39, 0.29) is 12.4 Å². The first kappa shape index (κ1) is 14.2. The molecule has 0 bridgehead atoms. The molecule has 0 spiro atoms. The molecule has 2 aromatic heterocycles. The maximum Gasteiger partial charge on any atom is 0.138 e. The Kier molecular flexibility index (Phi) is 3.86. The third kappa shape index (κ3) is 2.57. The van der Waals surface area contributed by atoms with Crippen LogP contribution in [-0.4, -0.2) is 9.38 Å². The molecule has 22 heavy (non-hydrogen) atoms. The molecule has 1 N–H and O–H groups in total. The van der Waals surface area contributed by atoms with Crippen molar-refractivity contribution in [2.24, 2.45) is 0 Å². The van der Waals surface area contributed by atoms with Gasteiger partial charge in [-0.3, -0.25) is 5.32 Å². The van der Waals surface area contributed by atoms with Gasteiger partial charge in [-0.25, -0.2) is 9.37 Å². The number of rotatable bonds is 4. The maximum absolute atomic E-state index is 13.7. The number of imidazole rings is 1. The minimum Gasteiger partial charge on any atom is -0.301 e. The third-order valence-electron chi connectivity index (χ3n) is 3.61. The molecule has 1 aromatic carbocycles. The Morgan fingerprint density at radius 1 is 1.27 bits per heavy atom. The molecule has 1 unspecified atom stereocenters. The first-order valence-electron chi connectivity index (χ1n) is 7.00. The molecule has 0 aliphatic heterocycles. The van der Waals surface area contributed by atoms with E-state index in [9.17, 15) is 9.65 Å². The largest absolute Gasteiger partial charge is 0.301 e. The lowest BCUT2D eigenvalue weighted by Gasteiger charge is -2.13. The van der Waals surface area contributed by atoms with Gasteiger partial charge in [0.15, 0.2) is 0 Å². The van der Waals surface area contributed by atoms with Gasteiger partial charge >= 0.3 is 0 Å². The smallest absolute Gasteiger partial charge is 0.138 e. The number of hydrogen-bond acceptors (Lipinski definition) is 3. The Morgan fingerprint density at radius 3 is 2.82 bits per heavy atom. The van der Waals surface area contributed by atoms with E-state index in [1.807, 2.05) is 35.7 Å². The minimum atomic E-state index is -0.558. The molecule has 2 heterocycles. The predicted molar refractivity (Wildman–Crippen MR) is 81.5 cm³/mol.